The normalized spacial score (nSPS) is 12.6. The maximum atomic E-state index is 9.47. The maximum Gasteiger partial charge on any atom is 0.137 e. The van der Waals surface area contributed by atoms with Crippen LogP contribution in [-0.2, 0) is 6.42 Å². The molecule has 4 nitrogen and oxygen atoms in total. The average molecular weight is 274 g/mol. The smallest absolute Gasteiger partial charge is 0.137 e. The van der Waals surface area contributed by atoms with Gasteiger partial charge in [-0.15, -0.1) is 0 Å². The second-order valence-corrected chi connectivity index (χ2v) is 5.18. The van der Waals surface area contributed by atoms with E-state index in [1.807, 2.05) is 26.0 Å². The molecule has 1 aromatic heterocycles. The molecule has 0 amide bonds. The topological polar surface area (TPSA) is 58.3 Å². The minimum atomic E-state index is 0.228. The van der Waals surface area contributed by atoms with Crippen LogP contribution in [-0.4, -0.2) is 16.8 Å². The van der Waals surface area contributed by atoms with Gasteiger partial charge in [0.1, 0.15) is 11.5 Å². The van der Waals surface area contributed by atoms with Crippen molar-refractivity contribution < 1.29 is 9.63 Å². The van der Waals surface area contributed by atoms with Crippen LogP contribution in [0.3, 0.4) is 0 Å². The van der Waals surface area contributed by atoms with Crippen molar-refractivity contribution in [2.75, 3.05) is 6.54 Å². The number of phenols is 1. The molecule has 4 heteroatoms. The van der Waals surface area contributed by atoms with E-state index in [1.165, 1.54) is 5.56 Å². The molecule has 2 N–H and O–H groups in total. The van der Waals surface area contributed by atoms with Gasteiger partial charge in [-0.25, -0.2) is 0 Å². The van der Waals surface area contributed by atoms with Gasteiger partial charge in [0.05, 0.1) is 5.69 Å². The van der Waals surface area contributed by atoms with E-state index in [-0.39, 0.29) is 6.04 Å². The fourth-order valence-corrected chi connectivity index (χ4v) is 2.35. The van der Waals surface area contributed by atoms with Crippen molar-refractivity contribution in [1.82, 2.24) is 10.5 Å². The zero-order chi connectivity index (χ0) is 14.5. The molecule has 1 heterocycles. The third-order valence-electron chi connectivity index (χ3n) is 3.61. The first-order valence-corrected chi connectivity index (χ1v) is 7.02. The summed E-state index contributed by atoms with van der Waals surface area (Å²) < 4.78 is 5.16. The van der Waals surface area contributed by atoms with Gasteiger partial charge in [-0.3, -0.25) is 0 Å². The fraction of sp³-hybridized carbons (Fsp3) is 0.438. The predicted octanol–water partition coefficient (Wildman–Crippen LogP) is 3.28. The minimum absolute atomic E-state index is 0.228. The molecule has 0 spiro atoms. The number of aromatic nitrogens is 1. The van der Waals surface area contributed by atoms with Crippen molar-refractivity contribution in [2.24, 2.45) is 0 Å². The molecule has 0 bridgehead atoms. The van der Waals surface area contributed by atoms with E-state index in [1.54, 1.807) is 12.1 Å². The summed E-state index contributed by atoms with van der Waals surface area (Å²) in [5, 5.41) is 16.9. The highest BCUT2D eigenvalue weighted by atomic mass is 16.5. The Morgan fingerprint density at radius 2 is 2.15 bits per heavy atom. The SMILES string of the molecule is Cc1noc(C)c1CCCN[C@@H](C)c1cccc(O)c1. The standard InChI is InChI=1S/C16H22N2O2/c1-11(14-6-4-7-15(19)10-14)17-9-5-8-16-12(2)18-20-13(16)3/h4,6-7,10-11,17,19H,5,8-9H2,1-3H3/t11-/m0/s1. The summed E-state index contributed by atoms with van der Waals surface area (Å²) in [6, 6.07) is 7.60. The summed E-state index contributed by atoms with van der Waals surface area (Å²) in [5.41, 5.74) is 3.31. The molecule has 1 aromatic carbocycles. The van der Waals surface area contributed by atoms with Gasteiger partial charge in [-0.1, -0.05) is 17.3 Å². The quantitative estimate of drug-likeness (QED) is 0.794. The second kappa shape index (κ2) is 6.57. The Balaban J connectivity index is 1.79. The first-order chi connectivity index (χ1) is 9.58. The van der Waals surface area contributed by atoms with E-state index in [0.717, 1.165) is 36.4 Å². The van der Waals surface area contributed by atoms with Crippen LogP contribution in [0.1, 0.15) is 42.0 Å². The third-order valence-corrected chi connectivity index (χ3v) is 3.61. The molecule has 0 aliphatic rings. The molecule has 0 saturated heterocycles. The first-order valence-electron chi connectivity index (χ1n) is 7.02. The molecule has 108 valence electrons. The van der Waals surface area contributed by atoms with E-state index < -0.39 is 0 Å². The number of aryl methyl sites for hydroxylation is 2. The molecule has 0 unspecified atom stereocenters. The number of phenolic OH excluding ortho intramolecular Hbond substituents is 1. The van der Waals surface area contributed by atoms with Crippen LogP contribution >= 0.6 is 0 Å². The number of hydrogen-bond acceptors (Lipinski definition) is 4. The lowest BCUT2D eigenvalue weighted by molar-refractivity contribution is 0.392. The Morgan fingerprint density at radius 1 is 1.35 bits per heavy atom. The Bertz CT molecular complexity index is 544. The molecule has 0 fully saturated rings. The van der Waals surface area contributed by atoms with Gasteiger partial charge in [0.15, 0.2) is 0 Å². The Labute approximate surface area is 119 Å². The zero-order valence-corrected chi connectivity index (χ0v) is 12.3. The summed E-state index contributed by atoms with van der Waals surface area (Å²) in [4.78, 5) is 0. The largest absolute Gasteiger partial charge is 0.508 e. The number of hydrogen-bond donors (Lipinski definition) is 2. The van der Waals surface area contributed by atoms with Crippen LogP contribution in [0.25, 0.3) is 0 Å². The van der Waals surface area contributed by atoms with E-state index >= 15 is 0 Å². The van der Waals surface area contributed by atoms with Gasteiger partial charge < -0.3 is 14.9 Å². The number of aromatic hydroxyl groups is 1. The lowest BCUT2D eigenvalue weighted by Gasteiger charge is -2.14. The van der Waals surface area contributed by atoms with Crippen LogP contribution in [0.2, 0.25) is 0 Å². The molecule has 2 aromatic rings. The van der Waals surface area contributed by atoms with Gasteiger partial charge in [-0.05, 0) is 57.9 Å². The summed E-state index contributed by atoms with van der Waals surface area (Å²) in [6.45, 7) is 6.96. The van der Waals surface area contributed by atoms with Crippen LogP contribution in [0.4, 0.5) is 0 Å². The van der Waals surface area contributed by atoms with Crippen molar-refractivity contribution in [3.05, 3.63) is 46.8 Å². The highest BCUT2D eigenvalue weighted by molar-refractivity contribution is 5.29. The summed E-state index contributed by atoms with van der Waals surface area (Å²) in [6.07, 6.45) is 2.01. The van der Waals surface area contributed by atoms with Gasteiger partial charge in [0.25, 0.3) is 0 Å². The number of nitrogens with one attached hydrogen (secondary N) is 1. The van der Waals surface area contributed by atoms with Crippen molar-refractivity contribution in [2.45, 2.75) is 39.7 Å². The molecule has 1 atom stereocenters. The second-order valence-electron chi connectivity index (χ2n) is 5.18. The van der Waals surface area contributed by atoms with Gasteiger partial charge in [-0.2, -0.15) is 0 Å². The molecule has 0 saturated carbocycles. The average Bonchev–Trinajstić information content (AvgIpc) is 2.74. The van der Waals surface area contributed by atoms with E-state index in [9.17, 15) is 5.11 Å². The van der Waals surface area contributed by atoms with Crippen molar-refractivity contribution >= 4 is 0 Å². The van der Waals surface area contributed by atoms with E-state index in [2.05, 4.69) is 17.4 Å². The molecule has 2 rings (SSSR count). The molecule has 0 aliphatic heterocycles. The summed E-state index contributed by atoms with van der Waals surface area (Å²) in [5.74, 6) is 1.23. The van der Waals surface area contributed by atoms with Crippen molar-refractivity contribution in [1.29, 1.82) is 0 Å². The Morgan fingerprint density at radius 3 is 2.80 bits per heavy atom. The maximum absolute atomic E-state index is 9.47. The highest BCUT2D eigenvalue weighted by Crippen LogP contribution is 2.18. The molecular formula is C16H22N2O2. The molecule has 0 aliphatic carbocycles. The predicted molar refractivity (Wildman–Crippen MR) is 78.8 cm³/mol. The minimum Gasteiger partial charge on any atom is -0.508 e. The van der Waals surface area contributed by atoms with Gasteiger partial charge in [0.2, 0.25) is 0 Å². The Kier molecular flexibility index (Phi) is 4.79. The van der Waals surface area contributed by atoms with Crippen molar-refractivity contribution in [3.8, 4) is 5.75 Å². The van der Waals surface area contributed by atoms with Crippen LogP contribution < -0.4 is 5.32 Å². The van der Waals surface area contributed by atoms with Crippen molar-refractivity contribution in [3.63, 3.8) is 0 Å². The van der Waals surface area contributed by atoms with Gasteiger partial charge >= 0.3 is 0 Å². The number of rotatable bonds is 6. The molecule has 20 heavy (non-hydrogen) atoms. The van der Waals surface area contributed by atoms with E-state index in [0.29, 0.717) is 5.75 Å². The summed E-state index contributed by atoms with van der Waals surface area (Å²) >= 11 is 0. The van der Waals surface area contributed by atoms with Crippen LogP contribution in [0.5, 0.6) is 5.75 Å². The van der Waals surface area contributed by atoms with Crippen LogP contribution in [0.15, 0.2) is 28.8 Å². The number of nitrogens with zero attached hydrogens (tertiary/aromatic N) is 1. The zero-order valence-electron chi connectivity index (χ0n) is 12.3. The van der Waals surface area contributed by atoms with E-state index in [4.69, 9.17) is 4.52 Å². The van der Waals surface area contributed by atoms with Crippen LogP contribution in [0, 0.1) is 13.8 Å². The Hall–Kier alpha value is -1.81. The lowest BCUT2D eigenvalue weighted by atomic mass is 10.1. The summed E-state index contributed by atoms with van der Waals surface area (Å²) in [7, 11) is 0. The molecule has 0 radical (unpaired) electrons. The first kappa shape index (κ1) is 14.6. The number of benzene rings is 1. The monoisotopic (exact) mass is 274 g/mol. The van der Waals surface area contributed by atoms with Gasteiger partial charge in [0, 0.05) is 11.6 Å². The fourth-order valence-electron chi connectivity index (χ4n) is 2.35. The molecular weight excluding hydrogens is 252 g/mol. The lowest BCUT2D eigenvalue weighted by Crippen LogP contribution is -2.20. The highest BCUT2D eigenvalue weighted by Gasteiger charge is 2.09. The third kappa shape index (κ3) is 3.61.